The third kappa shape index (κ3) is 3.56. The van der Waals surface area contributed by atoms with Crippen LogP contribution in [-0.4, -0.2) is 39.6 Å². The summed E-state index contributed by atoms with van der Waals surface area (Å²) in [5.41, 5.74) is 0.995. The largest absolute Gasteiger partial charge is 0.305 e. The summed E-state index contributed by atoms with van der Waals surface area (Å²) in [7, 11) is -7.05. The van der Waals surface area contributed by atoms with Crippen LogP contribution in [0, 0.1) is 0 Å². The van der Waals surface area contributed by atoms with Gasteiger partial charge in [0.1, 0.15) is 4.21 Å². The summed E-state index contributed by atoms with van der Waals surface area (Å²) < 4.78 is 50.0. The number of thiophene rings is 1. The third-order valence-electron chi connectivity index (χ3n) is 4.24. The molecule has 3 atom stereocenters. The van der Waals surface area contributed by atoms with Crippen molar-refractivity contribution in [3.63, 3.8) is 0 Å². The Morgan fingerprint density at radius 1 is 1.12 bits per heavy atom. The predicted molar refractivity (Wildman–Crippen MR) is 95.7 cm³/mol. The van der Waals surface area contributed by atoms with Gasteiger partial charge in [-0.25, -0.2) is 16.8 Å². The van der Waals surface area contributed by atoms with Crippen LogP contribution in [0.4, 0.5) is 0 Å². The van der Waals surface area contributed by atoms with Crippen molar-refractivity contribution in [1.82, 2.24) is 5.32 Å². The lowest BCUT2D eigenvalue weighted by molar-refractivity contribution is 0.476. The molecular formula is C16H19NO4S3. The highest BCUT2D eigenvalue weighted by Gasteiger charge is 2.46. The molecule has 8 heteroatoms. The van der Waals surface area contributed by atoms with Crippen LogP contribution < -0.4 is 5.32 Å². The fraction of sp³-hybridized carbons (Fsp3) is 0.375. The molecule has 1 aromatic carbocycles. The molecule has 24 heavy (non-hydrogen) atoms. The highest BCUT2D eigenvalue weighted by molar-refractivity contribution is 7.97. The van der Waals surface area contributed by atoms with Crippen molar-refractivity contribution < 1.29 is 16.8 Å². The average Bonchev–Trinajstić information content (AvgIpc) is 3.16. The second-order valence-corrected chi connectivity index (χ2v) is 11.5. The molecule has 0 saturated carbocycles. The van der Waals surface area contributed by atoms with Crippen molar-refractivity contribution in [2.45, 2.75) is 28.5 Å². The summed E-state index contributed by atoms with van der Waals surface area (Å²) in [4.78, 5) is 0. The van der Waals surface area contributed by atoms with E-state index in [-0.39, 0.29) is 21.8 Å². The Morgan fingerprint density at radius 3 is 2.46 bits per heavy atom. The Bertz CT molecular complexity index is 890. The molecule has 2 heterocycles. The SMILES string of the molecule is C[C@@H](N[C@H]1CS(=O)(=O)C[C@@H]1S(=O)(=O)c1cccs1)c1ccccc1. The maximum absolute atomic E-state index is 12.8. The fourth-order valence-electron chi connectivity index (χ4n) is 3.01. The van der Waals surface area contributed by atoms with Gasteiger partial charge in [-0.1, -0.05) is 36.4 Å². The lowest BCUT2D eigenvalue weighted by Gasteiger charge is -2.23. The van der Waals surface area contributed by atoms with Gasteiger partial charge in [0.2, 0.25) is 0 Å². The second kappa shape index (κ2) is 6.59. The van der Waals surface area contributed by atoms with Gasteiger partial charge in [-0.2, -0.15) is 0 Å². The average molecular weight is 386 g/mol. The summed E-state index contributed by atoms with van der Waals surface area (Å²) in [5.74, 6) is -0.480. The minimum absolute atomic E-state index is 0.134. The number of nitrogens with one attached hydrogen (secondary N) is 1. The van der Waals surface area contributed by atoms with Crippen LogP contribution in [0.3, 0.4) is 0 Å². The summed E-state index contributed by atoms with van der Waals surface area (Å²) in [6, 6.07) is 12.0. The van der Waals surface area contributed by atoms with E-state index in [0.29, 0.717) is 0 Å². The third-order valence-corrected chi connectivity index (χ3v) is 9.82. The van der Waals surface area contributed by atoms with Gasteiger partial charge in [-0.3, -0.25) is 0 Å². The molecule has 1 N–H and O–H groups in total. The summed E-state index contributed by atoms with van der Waals surface area (Å²) in [5, 5.41) is 3.95. The van der Waals surface area contributed by atoms with E-state index >= 15 is 0 Å². The van der Waals surface area contributed by atoms with Crippen LogP contribution in [0.15, 0.2) is 52.1 Å². The van der Waals surface area contributed by atoms with Crippen LogP contribution >= 0.6 is 11.3 Å². The molecule has 1 aliphatic rings. The molecule has 0 radical (unpaired) electrons. The van der Waals surface area contributed by atoms with E-state index in [1.165, 1.54) is 6.07 Å². The molecule has 3 rings (SSSR count). The van der Waals surface area contributed by atoms with E-state index in [2.05, 4.69) is 5.32 Å². The Kier molecular flexibility index (Phi) is 4.83. The van der Waals surface area contributed by atoms with Crippen LogP contribution in [0.1, 0.15) is 18.5 Å². The van der Waals surface area contributed by atoms with E-state index in [1.54, 1.807) is 11.4 Å². The predicted octanol–water partition coefficient (Wildman–Crippen LogP) is 2.04. The number of sulfone groups is 2. The molecule has 130 valence electrons. The second-order valence-electron chi connectivity index (χ2n) is 6.00. The lowest BCUT2D eigenvalue weighted by Crippen LogP contribution is -2.44. The summed E-state index contributed by atoms with van der Waals surface area (Å²) in [6.45, 7) is 1.91. The molecule has 0 unspecified atom stereocenters. The Balaban J connectivity index is 1.88. The number of hydrogen-bond donors (Lipinski definition) is 1. The molecule has 0 spiro atoms. The van der Waals surface area contributed by atoms with Crippen molar-refractivity contribution in [3.05, 3.63) is 53.4 Å². The zero-order valence-electron chi connectivity index (χ0n) is 13.1. The van der Waals surface area contributed by atoms with Crippen molar-refractivity contribution in [2.24, 2.45) is 0 Å². The highest BCUT2D eigenvalue weighted by Crippen LogP contribution is 2.29. The van der Waals surface area contributed by atoms with Crippen LogP contribution in [0.2, 0.25) is 0 Å². The molecule has 2 aromatic rings. The van der Waals surface area contributed by atoms with Gasteiger partial charge in [-0.05, 0) is 23.9 Å². The molecule has 0 aliphatic carbocycles. The van der Waals surface area contributed by atoms with Gasteiger partial charge in [0.05, 0.1) is 16.8 Å². The monoisotopic (exact) mass is 385 g/mol. The van der Waals surface area contributed by atoms with Crippen molar-refractivity contribution >= 4 is 31.0 Å². The van der Waals surface area contributed by atoms with Crippen molar-refractivity contribution in [1.29, 1.82) is 0 Å². The minimum Gasteiger partial charge on any atom is -0.305 e. The van der Waals surface area contributed by atoms with E-state index in [1.807, 2.05) is 37.3 Å². The maximum atomic E-state index is 12.8. The quantitative estimate of drug-likeness (QED) is 0.852. The number of benzene rings is 1. The molecule has 5 nitrogen and oxygen atoms in total. The molecule has 1 fully saturated rings. The van der Waals surface area contributed by atoms with Gasteiger partial charge in [-0.15, -0.1) is 11.3 Å². The zero-order chi connectivity index (χ0) is 17.4. The summed E-state index contributed by atoms with van der Waals surface area (Å²) in [6.07, 6.45) is 0. The first-order valence-electron chi connectivity index (χ1n) is 7.58. The topological polar surface area (TPSA) is 80.3 Å². The normalized spacial score (nSPS) is 24.7. The molecule has 1 saturated heterocycles. The Hall–Kier alpha value is -1.22. The fourth-order valence-corrected chi connectivity index (χ4v) is 8.91. The standard InChI is InChI=1S/C16H19NO4S3/c1-12(13-6-3-2-4-7-13)17-14-10-23(18,19)11-15(14)24(20,21)16-8-5-9-22-16/h2-9,12,14-15,17H,10-11H2,1H3/t12-,14+,15+/m1/s1. The molecule has 0 amide bonds. The van der Waals surface area contributed by atoms with Gasteiger partial charge in [0.15, 0.2) is 19.7 Å². The zero-order valence-corrected chi connectivity index (χ0v) is 15.6. The van der Waals surface area contributed by atoms with E-state index in [9.17, 15) is 16.8 Å². The summed E-state index contributed by atoms with van der Waals surface area (Å²) >= 11 is 1.12. The van der Waals surface area contributed by atoms with Crippen LogP contribution in [0.5, 0.6) is 0 Å². The molecular weight excluding hydrogens is 366 g/mol. The highest BCUT2D eigenvalue weighted by atomic mass is 32.2. The van der Waals surface area contributed by atoms with Gasteiger partial charge in [0.25, 0.3) is 0 Å². The van der Waals surface area contributed by atoms with Gasteiger partial charge >= 0.3 is 0 Å². The molecule has 1 aromatic heterocycles. The van der Waals surface area contributed by atoms with Crippen LogP contribution in [0.25, 0.3) is 0 Å². The van der Waals surface area contributed by atoms with Crippen molar-refractivity contribution in [3.8, 4) is 0 Å². The van der Waals surface area contributed by atoms with Gasteiger partial charge in [0, 0.05) is 12.1 Å². The smallest absolute Gasteiger partial charge is 0.193 e. The van der Waals surface area contributed by atoms with Crippen LogP contribution in [-0.2, 0) is 19.7 Å². The minimum atomic E-state index is -3.67. The van der Waals surface area contributed by atoms with E-state index < -0.39 is 31.0 Å². The van der Waals surface area contributed by atoms with Crippen molar-refractivity contribution in [2.75, 3.05) is 11.5 Å². The first-order chi connectivity index (χ1) is 11.3. The number of hydrogen-bond acceptors (Lipinski definition) is 6. The van der Waals surface area contributed by atoms with Gasteiger partial charge < -0.3 is 5.32 Å². The lowest BCUT2D eigenvalue weighted by atomic mass is 10.1. The molecule has 0 bridgehead atoms. The first kappa shape index (κ1) is 17.6. The number of rotatable bonds is 5. The Labute approximate surface area is 146 Å². The maximum Gasteiger partial charge on any atom is 0.193 e. The molecule has 1 aliphatic heterocycles. The first-order valence-corrected chi connectivity index (χ1v) is 11.8. The Morgan fingerprint density at radius 2 is 1.83 bits per heavy atom. The van der Waals surface area contributed by atoms with E-state index in [0.717, 1.165) is 16.9 Å². The van der Waals surface area contributed by atoms with E-state index in [4.69, 9.17) is 0 Å².